The van der Waals surface area contributed by atoms with Crippen LogP contribution in [0.4, 0.5) is 5.69 Å². The summed E-state index contributed by atoms with van der Waals surface area (Å²) >= 11 is 0. The summed E-state index contributed by atoms with van der Waals surface area (Å²) in [5, 5.41) is 96.7. The standard InChI is InChI=1S/C53H79NO11S2/c1-7-8-9-11-33-25-54-36-20-32(21-37(57)22-36)14-17-49-18-15-38-39(52(49,64)19-16-40(49)48(6,62)44-43(65-44)31(4)30(2)3)23-41(58)51(24-42(59)50(63,29-56)28-47(38,51)5)46(61)67-66-27-35-13-10-12-34(26-55)53(33,35)45(54)60/h20-23,30-31,33-35,38,40,42-44,46,55-57,59,61-64H,7-19,24-29H2,1-6H3/t31-,33-,34-,35+,38+,40-,42-,43+,44-,46-,47-,48-,49-,50-,51+,52-,53+/m1/s1. The summed E-state index contributed by atoms with van der Waals surface area (Å²) in [5.74, 6) is -1.01. The number of nitrogens with zero attached hydrogens (tertiary/aromatic N) is 1. The summed E-state index contributed by atoms with van der Waals surface area (Å²) in [6.45, 7) is 11.9. The summed E-state index contributed by atoms with van der Waals surface area (Å²) in [4.78, 5) is 32.9. The van der Waals surface area contributed by atoms with Crippen LogP contribution in [-0.2, 0) is 20.7 Å². The molecule has 3 spiro atoms. The second kappa shape index (κ2) is 17.8. The first kappa shape index (κ1) is 50.2. The molecule has 1 aromatic rings. The number of ether oxygens (including phenoxy) is 1. The molecule has 0 radical (unpaired) electrons. The van der Waals surface area contributed by atoms with E-state index in [0.717, 1.165) is 54.9 Å². The molecule has 5 aliphatic heterocycles. The molecule has 1 amide bonds. The molecule has 8 N–H and O–H groups in total. The fraction of sp³-hybridized carbons (Fsp3) is 0.811. The second-order valence-corrected chi connectivity index (χ2v) is 26.2. The van der Waals surface area contributed by atoms with Gasteiger partial charge in [0.15, 0.2) is 5.78 Å². The predicted octanol–water partition coefficient (Wildman–Crippen LogP) is 6.70. The Kier molecular flexibility index (Phi) is 13.3. The quantitative estimate of drug-likeness (QED) is 0.0698. The number of aromatic hydroxyl groups is 1. The molecule has 4 saturated carbocycles. The van der Waals surface area contributed by atoms with E-state index >= 15 is 9.59 Å². The van der Waals surface area contributed by atoms with E-state index in [2.05, 4.69) is 27.7 Å². The number of fused-ring (bicyclic) bond motifs is 2. The van der Waals surface area contributed by atoms with Crippen LogP contribution in [0.3, 0.4) is 0 Å². The molecule has 0 aromatic heterocycles. The largest absolute Gasteiger partial charge is 0.508 e. The SMILES string of the molecule is CCCCC[C@@H]1CN2C(=O)[C@]13[C@@H](CO)CCC[C@H]3CSS[C@@H](O)[C@@]13C[C@@H](O)[C@](O)(CO)C[C@]1(C)[C@H]1CC[C@]4(CCc5cc(O)cc2c5)[C@@H]([C@@](C)(O)[C@@H]2O[C@H]2[C@H](C)C(C)C)CC[C@@]4(O)C1=CC3=O. The number of aliphatic hydroxyl groups is 7. The lowest BCUT2D eigenvalue weighted by molar-refractivity contribution is -0.231. The number of hydrogen-bond acceptors (Lipinski definition) is 13. The van der Waals surface area contributed by atoms with Crippen LogP contribution in [0.1, 0.15) is 137 Å². The van der Waals surface area contributed by atoms with Gasteiger partial charge in [0, 0.05) is 36.1 Å². The van der Waals surface area contributed by atoms with Crippen molar-refractivity contribution in [1.29, 1.82) is 0 Å². The van der Waals surface area contributed by atoms with Crippen LogP contribution in [0, 0.1) is 63.1 Å². The maximum Gasteiger partial charge on any atom is 0.234 e. The Hall–Kier alpha value is -1.72. The number of allylic oxidation sites excluding steroid dienone is 1. The monoisotopic (exact) mass is 970 g/mol. The normalized spacial score (nSPS) is 45.4. The number of benzene rings is 1. The number of rotatable bonds is 10. The molecule has 0 unspecified atom stereocenters. The molecule has 10 aliphatic rings. The molecule has 67 heavy (non-hydrogen) atoms. The minimum atomic E-state index is -1.97. The zero-order valence-electron chi connectivity index (χ0n) is 40.7. The fourth-order valence-electron chi connectivity index (χ4n) is 16.6. The summed E-state index contributed by atoms with van der Waals surface area (Å²) in [5.41, 5.74) is -9.13. The van der Waals surface area contributed by atoms with Gasteiger partial charge >= 0.3 is 0 Å². The molecule has 14 heteroatoms. The molecule has 374 valence electrons. The Bertz CT molecular complexity index is 2100. The minimum absolute atomic E-state index is 0.0264. The van der Waals surface area contributed by atoms with E-state index in [-0.39, 0.29) is 67.3 Å². The van der Waals surface area contributed by atoms with Gasteiger partial charge in [0.05, 0.1) is 40.8 Å². The maximum atomic E-state index is 15.6. The third kappa shape index (κ3) is 7.26. The Balaban J connectivity index is 1.22. The average molecular weight is 970 g/mol. The molecule has 12 nitrogen and oxygen atoms in total. The highest BCUT2D eigenvalue weighted by atomic mass is 33.1. The van der Waals surface area contributed by atoms with Crippen LogP contribution in [0.15, 0.2) is 29.8 Å². The van der Waals surface area contributed by atoms with Gasteiger partial charge < -0.3 is 50.5 Å². The van der Waals surface area contributed by atoms with Crippen molar-refractivity contribution in [2.75, 3.05) is 30.4 Å². The van der Waals surface area contributed by atoms with Gasteiger partial charge in [-0.2, -0.15) is 0 Å². The van der Waals surface area contributed by atoms with Gasteiger partial charge in [-0.1, -0.05) is 81.9 Å². The number of epoxide rings is 1. The molecule has 8 bridgehead atoms. The van der Waals surface area contributed by atoms with Gasteiger partial charge in [-0.05, 0) is 154 Å². The number of aliphatic hydroxyl groups excluding tert-OH is 4. The highest BCUT2D eigenvalue weighted by molar-refractivity contribution is 8.76. The van der Waals surface area contributed by atoms with E-state index in [4.69, 9.17) is 4.74 Å². The van der Waals surface area contributed by atoms with Crippen molar-refractivity contribution in [3.05, 3.63) is 35.4 Å². The second-order valence-electron chi connectivity index (χ2n) is 23.7. The van der Waals surface area contributed by atoms with Crippen LogP contribution in [0.25, 0.3) is 0 Å². The van der Waals surface area contributed by atoms with E-state index in [1.807, 2.05) is 24.8 Å². The minimum Gasteiger partial charge on any atom is -0.508 e. The topological polar surface area (TPSA) is 212 Å². The zero-order valence-corrected chi connectivity index (χ0v) is 42.3. The number of phenols is 1. The first-order valence-electron chi connectivity index (χ1n) is 25.8. The Morgan fingerprint density at radius 3 is 2.45 bits per heavy atom. The van der Waals surface area contributed by atoms with Crippen LogP contribution in [0.2, 0.25) is 0 Å². The zero-order chi connectivity index (χ0) is 48.3. The van der Waals surface area contributed by atoms with Crippen LogP contribution in [-0.4, -0.2) is 119 Å². The first-order valence-corrected chi connectivity index (χ1v) is 28.1. The lowest BCUT2D eigenvalue weighted by Crippen LogP contribution is -2.71. The molecular weight excluding hydrogens is 891 g/mol. The molecule has 5 aliphatic carbocycles. The summed E-state index contributed by atoms with van der Waals surface area (Å²) < 4.78 is 6.37. The summed E-state index contributed by atoms with van der Waals surface area (Å²) in [6.07, 6.45) is 7.33. The lowest BCUT2D eigenvalue weighted by atomic mass is 9.39. The van der Waals surface area contributed by atoms with E-state index in [1.54, 1.807) is 18.2 Å². The van der Waals surface area contributed by atoms with Gasteiger partial charge in [0.2, 0.25) is 5.91 Å². The van der Waals surface area contributed by atoms with Gasteiger partial charge in [-0.3, -0.25) is 9.59 Å². The molecular formula is C53H79NO11S2. The van der Waals surface area contributed by atoms with Gasteiger partial charge in [0.1, 0.15) is 22.9 Å². The summed E-state index contributed by atoms with van der Waals surface area (Å²) in [7, 11) is 2.58. The smallest absolute Gasteiger partial charge is 0.234 e. The van der Waals surface area contributed by atoms with E-state index < -0.39 is 80.3 Å². The van der Waals surface area contributed by atoms with Crippen molar-refractivity contribution in [2.24, 2.45) is 63.1 Å². The van der Waals surface area contributed by atoms with E-state index in [0.29, 0.717) is 68.0 Å². The number of unbranched alkanes of at least 4 members (excludes halogenated alkanes) is 2. The number of aryl methyl sites for hydroxylation is 1. The molecule has 17 atom stereocenters. The van der Waals surface area contributed by atoms with Crippen molar-refractivity contribution < 1.29 is 55.2 Å². The number of carbonyl (C=O) groups is 2. The molecule has 5 heterocycles. The number of anilines is 1. The van der Waals surface area contributed by atoms with Crippen LogP contribution >= 0.6 is 21.6 Å². The Labute approximate surface area is 405 Å². The maximum absolute atomic E-state index is 15.6. The molecule has 2 saturated heterocycles. The number of hydrogen-bond donors (Lipinski definition) is 8. The lowest BCUT2D eigenvalue weighted by Gasteiger charge is -2.66. The van der Waals surface area contributed by atoms with Gasteiger partial charge in [0.25, 0.3) is 0 Å². The third-order valence-electron chi connectivity index (χ3n) is 20.5. The van der Waals surface area contributed by atoms with Crippen molar-refractivity contribution in [1.82, 2.24) is 0 Å². The van der Waals surface area contributed by atoms with Crippen molar-refractivity contribution in [3.63, 3.8) is 0 Å². The number of phenolic OH excluding ortho intramolecular Hbond substituents is 1. The van der Waals surface area contributed by atoms with Crippen LogP contribution < -0.4 is 4.90 Å². The van der Waals surface area contributed by atoms with Gasteiger partial charge in [-0.15, -0.1) is 0 Å². The van der Waals surface area contributed by atoms with Crippen molar-refractivity contribution in [2.45, 2.75) is 178 Å². The number of ketones is 1. The van der Waals surface area contributed by atoms with Crippen LogP contribution in [0.5, 0.6) is 5.75 Å². The fourth-order valence-corrected chi connectivity index (χ4v) is 19.6. The average Bonchev–Trinajstić information content (AvgIpc) is 3.97. The molecule has 11 rings (SSSR count). The predicted molar refractivity (Wildman–Crippen MR) is 260 cm³/mol. The molecule has 6 fully saturated rings. The Morgan fingerprint density at radius 1 is 0.985 bits per heavy atom. The van der Waals surface area contributed by atoms with Crippen molar-refractivity contribution in [3.8, 4) is 5.75 Å². The van der Waals surface area contributed by atoms with E-state index in [9.17, 15) is 40.9 Å². The first-order chi connectivity index (χ1) is 31.7. The summed E-state index contributed by atoms with van der Waals surface area (Å²) in [6, 6.07) is 5.39. The van der Waals surface area contributed by atoms with E-state index in [1.165, 1.54) is 10.8 Å². The van der Waals surface area contributed by atoms with Gasteiger partial charge in [-0.25, -0.2) is 0 Å². The molecule has 1 aromatic carbocycles. The third-order valence-corrected chi connectivity index (χ3v) is 23.1. The highest BCUT2D eigenvalue weighted by Gasteiger charge is 2.76. The highest BCUT2D eigenvalue weighted by Crippen LogP contribution is 2.74. The Morgan fingerprint density at radius 2 is 1.75 bits per heavy atom. The number of amides is 1. The van der Waals surface area contributed by atoms with Crippen molar-refractivity contribution >= 4 is 39.0 Å². The number of carbonyl (C=O) groups excluding carboxylic acids is 2.